The van der Waals surface area contributed by atoms with Crippen molar-refractivity contribution in [3.05, 3.63) is 12.4 Å². The summed E-state index contributed by atoms with van der Waals surface area (Å²) in [7, 11) is 0. The number of nitrogens with zero attached hydrogens (tertiary/aromatic N) is 3. The predicted octanol–water partition coefficient (Wildman–Crippen LogP) is 1.40. The molecule has 2 saturated carbocycles. The summed E-state index contributed by atoms with van der Waals surface area (Å²) in [5.41, 5.74) is 1.05. The largest absolute Gasteiger partial charge is 0.338 e. The lowest BCUT2D eigenvalue weighted by Crippen LogP contribution is -2.51. The summed E-state index contributed by atoms with van der Waals surface area (Å²) in [5, 5.41) is 6.31. The summed E-state index contributed by atoms with van der Waals surface area (Å²) in [4.78, 5) is 23.4. The lowest BCUT2D eigenvalue weighted by molar-refractivity contribution is -0.137. The van der Waals surface area contributed by atoms with Crippen LogP contribution in [0.2, 0.25) is 0 Å². The number of carbonyl (C=O) groups is 1. The highest BCUT2D eigenvalue weighted by Gasteiger charge is 2.53. The lowest BCUT2D eigenvalue weighted by Gasteiger charge is -2.55. The molecule has 0 aromatic carbocycles. The molecule has 1 unspecified atom stereocenters. The SMILES string of the molecule is O=C(Nc1cnc(N2CCNCC2)nc1)C1CCC12CCC2. The highest BCUT2D eigenvalue weighted by atomic mass is 16.2. The zero-order valence-electron chi connectivity index (χ0n) is 12.8. The van der Waals surface area contributed by atoms with Gasteiger partial charge in [-0.25, -0.2) is 9.97 Å². The second kappa shape index (κ2) is 5.50. The van der Waals surface area contributed by atoms with Crippen molar-refractivity contribution in [2.24, 2.45) is 11.3 Å². The van der Waals surface area contributed by atoms with Gasteiger partial charge in [-0.3, -0.25) is 4.79 Å². The fraction of sp³-hybridized carbons (Fsp3) is 0.688. The molecule has 1 aromatic rings. The van der Waals surface area contributed by atoms with Gasteiger partial charge in [-0.1, -0.05) is 6.42 Å². The van der Waals surface area contributed by atoms with Gasteiger partial charge < -0.3 is 15.5 Å². The zero-order valence-corrected chi connectivity index (χ0v) is 12.8. The van der Waals surface area contributed by atoms with E-state index >= 15 is 0 Å². The lowest BCUT2D eigenvalue weighted by atomic mass is 9.49. The summed E-state index contributed by atoms with van der Waals surface area (Å²) in [5.74, 6) is 1.11. The maximum absolute atomic E-state index is 12.4. The number of rotatable bonds is 3. The Morgan fingerprint density at radius 2 is 1.95 bits per heavy atom. The standard InChI is InChI=1S/C16H23N5O/c22-14(13-2-5-16(13)3-1-4-16)20-12-10-18-15(19-11-12)21-8-6-17-7-9-21/h10-11,13,17H,1-9H2,(H,20,22). The quantitative estimate of drug-likeness (QED) is 0.883. The van der Waals surface area contributed by atoms with Crippen molar-refractivity contribution in [2.45, 2.75) is 32.1 Å². The van der Waals surface area contributed by atoms with Crippen molar-refractivity contribution >= 4 is 17.5 Å². The van der Waals surface area contributed by atoms with Crippen LogP contribution in [0.5, 0.6) is 0 Å². The smallest absolute Gasteiger partial charge is 0.228 e. The Morgan fingerprint density at radius 3 is 2.50 bits per heavy atom. The second-order valence-corrected chi connectivity index (χ2v) is 6.81. The van der Waals surface area contributed by atoms with Crippen LogP contribution < -0.4 is 15.5 Å². The first-order valence-electron chi connectivity index (χ1n) is 8.35. The number of aromatic nitrogens is 2. The third kappa shape index (κ3) is 2.35. The Balaban J connectivity index is 1.37. The highest BCUT2D eigenvalue weighted by molar-refractivity contribution is 5.93. The van der Waals surface area contributed by atoms with Gasteiger partial charge in [0, 0.05) is 32.1 Å². The van der Waals surface area contributed by atoms with Crippen LogP contribution >= 0.6 is 0 Å². The van der Waals surface area contributed by atoms with Crippen LogP contribution in [0.3, 0.4) is 0 Å². The van der Waals surface area contributed by atoms with Gasteiger partial charge in [0.2, 0.25) is 11.9 Å². The van der Waals surface area contributed by atoms with Crippen LogP contribution in [0.15, 0.2) is 12.4 Å². The maximum Gasteiger partial charge on any atom is 0.228 e. The van der Waals surface area contributed by atoms with Crippen molar-refractivity contribution in [1.82, 2.24) is 15.3 Å². The van der Waals surface area contributed by atoms with Crippen LogP contribution in [-0.4, -0.2) is 42.1 Å². The first-order valence-corrected chi connectivity index (χ1v) is 8.35. The summed E-state index contributed by atoms with van der Waals surface area (Å²) in [6.07, 6.45) is 9.46. The third-order valence-electron chi connectivity index (χ3n) is 5.64. The number of carbonyl (C=O) groups excluding carboxylic acids is 1. The average Bonchev–Trinajstić information content (AvgIpc) is 2.46. The number of hydrogen-bond donors (Lipinski definition) is 2. The number of nitrogens with one attached hydrogen (secondary N) is 2. The topological polar surface area (TPSA) is 70.2 Å². The molecule has 1 amide bonds. The fourth-order valence-corrected chi connectivity index (χ4v) is 3.98. The maximum atomic E-state index is 12.4. The molecule has 6 heteroatoms. The molecule has 2 N–H and O–H groups in total. The molecule has 3 fully saturated rings. The molecule has 4 rings (SSSR count). The van der Waals surface area contributed by atoms with E-state index in [-0.39, 0.29) is 11.8 Å². The van der Waals surface area contributed by atoms with Crippen molar-refractivity contribution in [1.29, 1.82) is 0 Å². The molecule has 1 saturated heterocycles. The summed E-state index contributed by atoms with van der Waals surface area (Å²) in [6, 6.07) is 0. The van der Waals surface area contributed by atoms with E-state index in [0.29, 0.717) is 11.1 Å². The number of anilines is 2. The second-order valence-electron chi connectivity index (χ2n) is 6.81. The van der Waals surface area contributed by atoms with Gasteiger partial charge in [-0.2, -0.15) is 0 Å². The van der Waals surface area contributed by atoms with Crippen LogP contribution in [0.4, 0.5) is 11.6 Å². The van der Waals surface area contributed by atoms with Crippen LogP contribution in [0.1, 0.15) is 32.1 Å². The minimum atomic E-state index is 0.157. The Morgan fingerprint density at radius 1 is 1.23 bits per heavy atom. The molecule has 1 atom stereocenters. The monoisotopic (exact) mass is 301 g/mol. The van der Waals surface area contributed by atoms with E-state index in [1.54, 1.807) is 12.4 Å². The predicted molar refractivity (Wildman–Crippen MR) is 84.8 cm³/mol. The van der Waals surface area contributed by atoms with Crippen molar-refractivity contribution in [2.75, 3.05) is 36.4 Å². The minimum absolute atomic E-state index is 0.157. The van der Waals surface area contributed by atoms with Crippen LogP contribution in [-0.2, 0) is 4.79 Å². The molecule has 1 aliphatic heterocycles. The van der Waals surface area contributed by atoms with Gasteiger partial charge in [0.05, 0.1) is 18.1 Å². The van der Waals surface area contributed by atoms with E-state index in [4.69, 9.17) is 0 Å². The molecule has 0 radical (unpaired) electrons. The van der Waals surface area contributed by atoms with Crippen molar-refractivity contribution < 1.29 is 4.79 Å². The molecule has 2 heterocycles. The van der Waals surface area contributed by atoms with Crippen molar-refractivity contribution in [3.8, 4) is 0 Å². The van der Waals surface area contributed by atoms with Gasteiger partial charge in [0.15, 0.2) is 0 Å². The molecule has 2 aliphatic carbocycles. The minimum Gasteiger partial charge on any atom is -0.338 e. The van der Waals surface area contributed by atoms with Crippen molar-refractivity contribution in [3.63, 3.8) is 0 Å². The average molecular weight is 301 g/mol. The Hall–Kier alpha value is -1.69. The summed E-state index contributed by atoms with van der Waals surface area (Å²) in [6.45, 7) is 3.78. The number of amides is 1. The normalized spacial score (nSPS) is 26.2. The van der Waals surface area contributed by atoms with Gasteiger partial charge in [0.1, 0.15) is 0 Å². The summed E-state index contributed by atoms with van der Waals surface area (Å²) >= 11 is 0. The molecule has 1 aromatic heterocycles. The Labute approximate surface area is 130 Å². The van der Waals surface area contributed by atoms with Crippen LogP contribution in [0.25, 0.3) is 0 Å². The van der Waals surface area contributed by atoms with Crippen LogP contribution in [0, 0.1) is 11.3 Å². The van der Waals surface area contributed by atoms with E-state index in [9.17, 15) is 4.79 Å². The third-order valence-corrected chi connectivity index (χ3v) is 5.64. The first-order chi connectivity index (χ1) is 10.8. The highest BCUT2D eigenvalue weighted by Crippen LogP contribution is 2.59. The van der Waals surface area contributed by atoms with Gasteiger partial charge in [0.25, 0.3) is 0 Å². The van der Waals surface area contributed by atoms with Gasteiger partial charge in [-0.15, -0.1) is 0 Å². The first kappa shape index (κ1) is 13.9. The molecule has 6 nitrogen and oxygen atoms in total. The zero-order chi connectivity index (χ0) is 15.0. The molecule has 22 heavy (non-hydrogen) atoms. The van der Waals surface area contributed by atoms with Gasteiger partial charge >= 0.3 is 0 Å². The van der Waals surface area contributed by atoms with E-state index in [1.165, 1.54) is 25.7 Å². The molecule has 3 aliphatic rings. The number of hydrogen-bond acceptors (Lipinski definition) is 5. The van der Waals surface area contributed by atoms with E-state index < -0.39 is 0 Å². The fourth-order valence-electron chi connectivity index (χ4n) is 3.98. The Bertz CT molecular complexity index is 543. The molecular formula is C16H23N5O. The molecule has 0 bridgehead atoms. The van der Waals surface area contributed by atoms with Gasteiger partial charge in [-0.05, 0) is 31.1 Å². The number of piperazine rings is 1. The molecule has 1 spiro atoms. The van der Waals surface area contributed by atoms with E-state index in [2.05, 4.69) is 25.5 Å². The van der Waals surface area contributed by atoms with E-state index in [0.717, 1.165) is 38.5 Å². The summed E-state index contributed by atoms with van der Waals surface area (Å²) < 4.78 is 0. The van der Waals surface area contributed by atoms with E-state index in [1.807, 2.05) is 0 Å². The molecular weight excluding hydrogens is 278 g/mol. The molecule has 118 valence electrons. The Kier molecular flexibility index (Phi) is 3.48.